The van der Waals surface area contributed by atoms with Crippen LogP contribution in [0.2, 0.25) is 0 Å². The highest BCUT2D eigenvalue weighted by molar-refractivity contribution is 7.90. The van der Waals surface area contributed by atoms with Gasteiger partial charge >= 0.3 is 0 Å². The zero-order valence-electron chi connectivity index (χ0n) is 31.8. The molecule has 3 saturated carbocycles. The predicted molar refractivity (Wildman–Crippen MR) is 213 cm³/mol. The number of sulfonamides is 1. The van der Waals surface area contributed by atoms with E-state index in [0.717, 1.165) is 96.4 Å². The molecule has 10 rings (SSSR count). The third-order valence-corrected chi connectivity index (χ3v) is 15.8. The van der Waals surface area contributed by atoms with Crippen LogP contribution in [0.4, 0.5) is 17.2 Å². The quantitative estimate of drug-likeness (QED) is 0.211. The van der Waals surface area contributed by atoms with E-state index >= 15 is 0 Å². The van der Waals surface area contributed by atoms with E-state index in [1.54, 1.807) is 11.4 Å². The van der Waals surface area contributed by atoms with Gasteiger partial charge in [-0.1, -0.05) is 24.6 Å². The average molecular weight is 763 g/mol. The van der Waals surface area contributed by atoms with Crippen LogP contribution < -0.4 is 15.5 Å². The molecule has 2 amide bonds. The molecule has 5 fully saturated rings. The van der Waals surface area contributed by atoms with Gasteiger partial charge in [0.15, 0.2) is 5.82 Å². The summed E-state index contributed by atoms with van der Waals surface area (Å²) in [4.78, 5) is 42.4. The van der Waals surface area contributed by atoms with Crippen molar-refractivity contribution in [3.63, 3.8) is 0 Å². The molecule has 0 unspecified atom stereocenters. The molecule has 4 aromatic rings. The molecule has 3 aliphatic carbocycles. The summed E-state index contributed by atoms with van der Waals surface area (Å²) in [5, 5.41) is 6.05. The molecule has 0 radical (unpaired) electrons. The molecule has 6 aliphatic rings. The lowest BCUT2D eigenvalue weighted by Gasteiger charge is -2.48. The van der Waals surface area contributed by atoms with Gasteiger partial charge in [0.1, 0.15) is 5.52 Å². The molecule has 55 heavy (non-hydrogen) atoms. The number of pyridine rings is 1. The van der Waals surface area contributed by atoms with E-state index in [0.29, 0.717) is 49.4 Å². The van der Waals surface area contributed by atoms with Crippen molar-refractivity contribution in [2.45, 2.75) is 106 Å². The Labute approximate surface area is 322 Å². The van der Waals surface area contributed by atoms with E-state index in [-0.39, 0.29) is 23.1 Å². The second-order valence-corrected chi connectivity index (χ2v) is 19.1. The van der Waals surface area contributed by atoms with Gasteiger partial charge in [-0.3, -0.25) is 9.59 Å². The summed E-state index contributed by atoms with van der Waals surface area (Å²) >= 11 is 0. The lowest BCUT2D eigenvalue weighted by molar-refractivity contribution is -0.125. The highest BCUT2D eigenvalue weighted by atomic mass is 32.2. The number of hydrogen-bond acceptors (Lipinski definition) is 8. The van der Waals surface area contributed by atoms with Gasteiger partial charge in [0.2, 0.25) is 15.9 Å². The second kappa shape index (κ2) is 13.1. The van der Waals surface area contributed by atoms with Crippen LogP contribution in [-0.4, -0.2) is 94.5 Å². The SMILES string of the molecule is CNC(=O)c1cc(Nc2nc(-c3ccc4c(c3)N([C@H]3C[C@@H](N5CCCCC5)C3)C(=O)C43CCN(S(=O)(=O)C4CC4)CC3)cc3ncn(C4CC4)c23)ccc1C. The number of likely N-dealkylation sites (tertiary alicyclic amines) is 1. The lowest BCUT2D eigenvalue weighted by atomic mass is 9.73. The maximum absolute atomic E-state index is 14.9. The van der Waals surface area contributed by atoms with Crippen LogP contribution in [0.25, 0.3) is 22.3 Å². The maximum Gasteiger partial charge on any atom is 0.251 e. The number of benzene rings is 2. The van der Waals surface area contributed by atoms with E-state index in [2.05, 4.69) is 43.2 Å². The van der Waals surface area contributed by atoms with Crippen LogP contribution in [0.3, 0.4) is 0 Å². The minimum Gasteiger partial charge on any atom is -0.355 e. The molecule has 2 saturated heterocycles. The maximum atomic E-state index is 14.9. The molecule has 288 valence electrons. The van der Waals surface area contributed by atoms with Crippen molar-refractivity contribution in [1.29, 1.82) is 0 Å². The fourth-order valence-electron chi connectivity index (χ4n) is 9.79. The first-order valence-electron chi connectivity index (χ1n) is 20.3. The van der Waals surface area contributed by atoms with Gasteiger partial charge < -0.3 is 25.0 Å². The van der Waals surface area contributed by atoms with Gasteiger partial charge in [0.25, 0.3) is 5.91 Å². The molecule has 2 aromatic carbocycles. The molecular formula is C42H50N8O4S. The highest BCUT2D eigenvalue weighted by Gasteiger charge is 2.57. The number of carbonyl (C=O) groups excluding carboxylic acids is 2. The lowest BCUT2D eigenvalue weighted by Crippen LogP contribution is -2.58. The Hall–Kier alpha value is -4.33. The Morgan fingerprint density at radius 2 is 1.65 bits per heavy atom. The zero-order valence-corrected chi connectivity index (χ0v) is 32.6. The average Bonchev–Trinajstić information content (AvgIpc) is 4.14. The molecule has 0 bridgehead atoms. The molecule has 1 spiro atoms. The number of piperidine rings is 2. The first-order chi connectivity index (χ1) is 26.6. The van der Waals surface area contributed by atoms with Crippen molar-refractivity contribution in [2.75, 3.05) is 43.4 Å². The van der Waals surface area contributed by atoms with E-state index < -0.39 is 15.4 Å². The number of fused-ring (bicyclic) bond motifs is 3. The number of aromatic nitrogens is 3. The van der Waals surface area contributed by atoms with Gasteiger partial charge in [0, 0.05) is 60.8 Å². The summed E-state index contributed by atoms with van der Waals surface area (Å²) in [6.45, 7) is 4.95. The fraction of sp³-hybridized carbons (Fsp3) is 0.524. The molecule has 12 nitrogen and oxygen atoms in total. The largest absolute Gasteiger partial charge is 0.355 e. The number of nitrogens with zero attached hydrogens (tertiary/aromatic N) is 6. The number of carbonyl (C=O) groups is 2. The Morgan fingerprint density at radius 1 is 0.891 bits per heavy atom. The monoisotopic (exact) mass is 762 g/mol. The molecule has 0 atom stereocenters. The molecule has 2 N–H and O–H groups in total. The molecule has 2 aromatic heterocycles. The van der Waals surface area contributed by atoms with Gasteiger partial charge in [0.05, 0.1) is 28.2 Å². The fourth-order valence-corrected chi connectivity index (χ4v) is 11.6. The van der Waals surface area contributed by atoms with Crippen LogP contribution in [0.15, 0.2) is 48.8 Å². The third-order valence-electron chi connectivity index (χ3n) is 13.4. The second-order valence-electron chi connectivity index (χ2n) is 16.8. The normalized spacial score (nSPS) is 24.3. The van der Waals surface area contributed by atoms with Crippen LogP contribution in [0, 0.1) is 6.92 Å². The summed E-state index contributed by atoms with van der Waals surface area (Å²) in [6.07, 6.45) is 12.3. The number of aryl methyl sites for hydroxylation is 1. The predicted octanol–water partition coefficient (Wildman–Crippen LogP) is 6.03. The van der Waals surface area contributed by atoms with Crippen molar-refractivity contribution in [3.8, 4) is 11.3 Å². The van der Waals surface area contributed by atoms with E-state index in [9.17, 15) is 18.0 Å². The number of nitrogens with one attached hydrogen (secondary N) is 2. The topological polar surface area (TPSA) is 133 Å². The summed E-state index contributed by atoms with van der Waals surface area (Å²) in [6, 6.07) is 15.1. The first kappa shape index (κ1) is 35.1. The Balaban J connectivity index is 1.03. The third kappa shape index (κ3) is 5.87. The number of imidazole rings is 1. The van der Waals surface area contributed by atoms with Gasteiger partial charge in [-0.05, 0) is 120 Å². The first-order valence-corrected chi connectivity index (χ1v) is 21.8. The summed E-state index contributed by atoms with van der Waals surface area (Å²) in [5.41, 5.74) is 6.87. The van der Waals surface area contributed by atoms with E-state index in [4.69, 9.17) is 9.97 Å². The molecule has 13 heteroatoms. The van der Waals surface area contributed by atoms with Crippen molar-refractivity contribution in [1.82, 2.24) is 29.1 Å². The van der Waals surface area contributed by atoms with Crippen LogP contribution in [0.5, 0.6) is 0 Å². The Bertz CT molecular complexity index is 2310. The standard InChI is InChI=1S/C42H50N8O4S/c1-26-6-8-28(21-33(26)40(51)43-2)45-39-38-36(44-25-49(38)29-9-10-29)24-35(46-39)27-7-13-34-37(20-27)50(31-22-30(23-31)47-16-4-3-5-17-47)41(52)42(34)14-18-48(19-15-42)55(53,54)32-11-12-32/h6-8,13,20-21,24-25,29-32H,3-5,9-12,14-19,22-23H2,1-2H3,(H,43,51)(H,45,46)/t30-,31+. The van der Waals surface area contributed by atoms with E-state index in [1.807, 2.05) is 37.5 Å². The number of hydrogen-bond donors (Lipinski definition) is 2. The van der Waals surface area contributed by atoms with Crippen LogP contribution in [-0.2, 0) is 20.2 Å². The highest BCUT2D eigenvalue weighted by Crippen LogP contribution is 2.53. The number of rotatable bonds is 9. The van der Waals surface area contributed by atoms with Gasteiger partial charge in [-0.15, -0.1) is 0 Å². The summed E-state index contributed by atoms with van der Waals surface area (Å²) in [5.74, 6) is 0.654. The number of anilines is 3. The smallest absolute Gasteiger partial charge is 0.251 e. The van der Waals surface area contributed by atoms with Gasteiger partial charge in [-0.25, -0.2) is 22.7 Å². The Kier molecular flexibility index (Phi) is 8.38. The van der Waals surface area contributed by atoms with Crippen molar-refractivity contribution in [2.24, 2.45) is 0 Å². The minimum atomic E-state index is -3.31. The summed E-state index contributed by atoms with van der Waals surface area (Å²) < 4.78 is 30.3. The molecule has 3 aliphatic heterocycles. The summed E-state index contributed by atoms with van der Waals surface area (Å²) in [7, 11) is -1.67. The molecule has 5 heterocycles. The molecular weight excluding hydrogens is 713 g/mol. The zero-order chi connectivity index (χ0) is 37.6. The van der Waals surface area contributed by atoms with E-state index in [1.165, 1.54) is 19.3 Å². The number of amides is 2. The van der Waals surface area contributed by atoms with Crippen molar-refractivity contribution in [3.05, 3.63) is 65.5 Å². The minimum absolute atomic E-state index is 0.110. The van der Waals surface area contributed by atoms with Crippen molar-refractivity contribution >= 4 is 50.1 Å². The van der Waals surface area contributed by atoms with Crippen molar-refractivity contribution < 1.29 is 18.0 Å². The van der Waals surface area contributed by atoms with Crippen LogP contribution in [0.1, 0.15) is 98.2 Å². The Morgan fingerprint density at radius 3 is 2.36 bits per heavy atom. The van der Waals surface area contributed by atoms with Gasteiger partial charge in [-0.2, -0.15) is 0 Å². The van der Waals surface area contributed by atoms with Crippen LogP contribution >= 0.6 is 0 Å².